The normalized spacial score (nSPS) is 10.5. The third kappa shape index (κ3) is 3.56. The number of aromatic nitrogens is 4. The molecule has 0 fully saturated rings. The molecule has 3 aromatic rings. The Balaban J connectivity index is 1.74. The van der Waals surface area contributed by atoms with E-state index in [1.165, 1.54) is 19.2 Å². The Hall–Kier alpha value is -3.62. The number of primary amides is 1. The summed E-state index contributed by atoms with van der Waals surface area (Å²) in [5.74, 6) is -1.19. The first-order valence-electron chi connectivity index (χ1n) is 7.52. The molecule has 1 amide bonds. The maximum absolute atomic E-state index is 13.7. The fourth-order valence-electron chi connectivity index (χ4n) is 2.27. The highest BCUT2D eigenvalue weighted by molar-refractivity contribution is 5.96. The number of ketones is 1. The van der Waals surface area contributed by atoms with Crippen LogP contribution in [0.25, 0.3) is 11.4 Å². The molecule has 0 radical (unpaired) electrons. The fourth-order valence-corrected chi connectivity index (χ4v) is 2.27. The first-order chi connectivity index (χ1) is 12.5. The SMILES string of the molecule is COc1ccc(C(=O)Cn2nnc(-c3ccc(C(N)=O)cc3)n2)cc1F. The van der Waals surface area contributed by atoms with Gasteiger partial charge in [0.1, 0.15) is 6.54 Å². The number of ether oxygens (including phenoxy) is 1. The minimum Gasteiger partial charge on any atom is -0.494 e. The van der Waals surface area contributed by atoms with Gasteiger partial charge in [0, 0.05) is 16.7 Å². The van der Waals surface area contributed by atoms with Gasteiger partial charge >= 0.3 is 0 Å². The van der Waals surface area contributed by atoms with Crippen molar-refractivity contribution in [1.29, 1.82) is 0 Å². The van der Waals surface area contributed by atoms with E-state index in [9.17, 15) is 14.0 Å². The van der Waals surface area contributed by atoms with Crippen LogP contribution in [0.2, 0.25) is 0 Å². The zero-order valence-corrected chi connectivity index (χ0v) is 13.7. The van der Waals surface area contributed by atoms with Gasteiger partial charge in [-0.15, -0.1) is 10.2 Å². The Morgan fingerprint density at radius 1 is 1.15 bits per heavy atom. The average Bonchev–Trinajstić information content (AvgIpc) is 3.10. The highest BCUT2D eigenvalue weighted by Crippen LogP contribution is 2.18. The Morgan fingerprint density at radius 2 is 1.85 bits per heavy atom. The molecule has 0 saturated carbocycles. The van der Waals surface area contributed by atoms with Crippen molar-refractivity contribution in [2.75, 3.05) is 7.11 Å². The molecule has 0 aliphatic carbocycles. The summed E-state index contributed by atoms with van der Waals surface area (Å²) < 4.78 is 18.5. The molecule has 1 aromatic heterocycles. The topological polar surface area (TPSA) is 113 Å². The van der Waals surface area contributed by atoms with Crippen molar-refractivity contribution in [2.24, 2.45) is 5.73 Å². The largest absolute Gasteiger partial charge is 0.494 e. The van der Waals surface area contributed by atoms with Crippen LogP contribution < -0.4 is 10.5 Å². The smallest absolute Gasteiger partial charge is 0.248 e. The van der Waals surface area contributed by atoms with Gasteiger partial charge in [0.2, 0.25) is 11.7 Å². The molecule has 9 heteroatoms. The van der Waals surface area contributed by atoms with Gasteiger partial charge < -0.3 is 10.5 Å². The quantitative estimate of drug-likeness (QED) is 0.670. The lowest BCUT2D eigenvalue weighted by Gasteiger charge is -2.04. The monoisotopic (exact) mass is 355 g/mol. The Kier molecular flexibility index (Phi) is 4.70. The number of nitrogens with two attached hydrogens (primary N) is 1. The highest BCUT2D eigenvalue weighted by atomic mass is 19.1. The lowest BCUT2D eigenvalue weighted by Crippen LogP contribution is -2.13. The van der Waals surface area contributed by atoms with Gasteiger partial charge in [0.15, 0.2) is 17.3 Å². The molecule has 0 saturated heterocycles. The summed E-state index contributed by atoms with van der Waals surface area (Å²) in [5.41, 5.74) is 6.34. The molecule has 3 rings (SSSR count). The predicted molar refractivity (Wildman–Crippen MR) is 89.1 cm³/mol. The van der Waals surface area contributed by atoms with E-state index in [4.69, 9.17) is 10.5 Å². The van der Waals surface area contributed by atoms with E-state index in [-0.39, 0.29) is 29.5 Å². The summed E-state index contributed by atoms with van der Waals surface area (Å²) in [4.78, 5) is 24.4. The van der Waals surface area contributed by atoms with Crippen LogP contribution in [0.15, 0.2) is 42.5 Å². The van der Waals surface area contributed by atoms with E-state index in [0.717, 1.165) is 10.9 Å². The van der Waals surface area contributed by atoms with Crippen molar-refractivity contribution in [3.05, 3.63) is 59.4 Å². The van der Waals surface area contributed by atoms with E-state index in [1.54, 1.807) is 24.3 Å². The van der Waals surface area contributed by atoms with Crippen molar-refractivity contribution >= 4 is 11.7 Å². The van der Waals surface area contributed by atoms with Crippen LogP contribution in [0.5, 0.6) is 5.75 Å². The highest BCUT2D eigenvalue weighted by Gasteiger charge is 2.14. The molecule has 0 spiro atoms. The van der Waals surface area contributed by atoms with Gasteiger partial charge in [-0.2, -0.15) is 4.80 Å². The van der Waals surface area contributed by atoms with Crippen molar-refractivity contribution in [1.82, 2.24) is 20.2 Å². The lowest BCUT2D eigenvalue weighted by molar-refractivity contribution is 0.0959. The fraction of sp³-hybridized carbons (Fsp3) is 0.118. The second-order valence-corrected chi connectivity index (χ2v) is 5.36. The standard InChI is InChI=1S/C17H14FN5O3/c1-26-15-7-6-12(8-13(15)18)14(24)9-23-21-17(20-22-23)11-4-2-10(3-5-11)16(19)25/h2-8H,9H2,1H3,(H2,19,25). The molecule has 0 unspecified atom stereocenters. The number of methoxy groups -OCH3 is 1. The zero-order valence-electron chi connectivity index (χ0n) is 13.7. The number of carbonyl (C=O) groups is 2. The number of benzene rings is 2. The van der Waals surface area contributed by atoms with Crippen LogP contribution >= 0.6 is 0 Å². The summed E-state index contributed by atoms with van der Waals surface area (Å²) in [6.45, 7) is -0.196. The van der Waals surface area contributed by atoms with Crippen molar-refractivity contribution in [3.63, 3.8) is 0 Å². The number of tetrazole rings is 1. The minimum absolute atomic E-state index is 0.0575. The van der Waals surface area contributed by atoms with E-state index in [0.29, 0.717) is 11.1 Å². The molecule has 0 atom stereocenters. The van der Waals surface area contributed by atoms with Crippen LogP contribution in [0.3, 0.4) is 0 Å². The van der Waals surface area contributed by atoms with Gasteiger partial charge in [-0.1, -0.05) is 12.1 Å². The Labute approximate surface area is 147 Å². The number of Topliss-reactive ketones (excluding diaryl/α,β-unsaturated/α-hetero) is 1. The maximum Gasteiger partial charge on any atom is 0.248 e. The summed E-state index contributed by atoms with van der Waals surface area (Å²) in [5, 5.41) is 11.8. The zero-order chi connectivity index (χ0) is 18.7. The molecule has 0 aliphatic rings. The maximum atomic E-state index is 13.7. The molecule has 132 valence electrons. The first kappa shape index (κ1) is 17.2. The van der Waals surface area contributed by atoms with Crippen molar-refractivity contribution in [3.8, 4) is 17.1 Å². The number of halogens is 1. The molecule has 26 heavy (non-hydrogen) atoms. The van der Waals surface area contributed by atoms with Crippen LogP contribution in [0.1, 0.15) is 20.7 Å². The number of nitrogens with zero attached hydrogens (tertiary/aromatic N) is 4. The number of carbonyl (C=O) groups excluding carboxylic acids is 2. The molecule has 0 aliphatic heterocycles. The molecule has 1 heterocycles. The second-order valence-electron chi connectivity index (χ2n) is 5.36. The number of rotatable bonds is 6. The Bertz CT molecular complexity index is 969. The molecular formula is C17H14FN5O3. The van der Waals surface area contributed by atoms with Gasteiger partial charge in [0.05, 0.1) is 7.11 Å². The summed E-state index contributed by atoms with van der Waals surface area (Å²) in [6, 6.07) is 10.3. The van der Waals surface area contributed by atoms with E-state index in [2.05, 4.69) is 15.4 Å². The summed E-state index contributed by atoms with van der Waals surface area (Å²) in [7, 11) is 1.34. The minimum atomic E-state index is -0.625. The third-order valence-electron chi connectivity index (χ3n) is 3.64. The summed E-state index contributed by atoms with van der Waals surface area (Å²) in [6.07, 6.45) is 0. The molecule has 8 nitrogen and oxygen atoms in total. The van der Waals surface area contributed by atoms with Crippen LogP contribution in [-0.2, 0) is 6.54 Å². The van der Waals surface area contributed by atoms with Crippen LogP contribution in [0.4, 0.5) is 4.39 Å². The molecule has 0 bridgehead atoms. The summed E-state index contributed by atoms with van der Waals surface area (Å²) >= 11 is 0. The van der Waals surface area contributed by atoms with E-state index < -0.39 is 11.7 Å². The number of amides is 1. The number of hydrogen-bond acceptors (Lipinski definition) is 6. The number of hydrogen-bond donors (Lipinski definition) is 1. The van der Waals surface area contributed by atoms with Gasteiger partial charge in [-0.25, -0.2) is 4.39 Å². The predicted octanol–water partition coefficient (Wildman–Crippen LogP) is 1.47. The third-order valence-corrected chi connectivity index (χ3v) is 3.64. The second kappa shape index (κ2) is 7.09. The van der Waals surface area contributed by atoms with E-state index in [1.807, 2.05) is 0 Å². The van der Waals surface area contributed by atoms with Crippen molar-refractivity contribution < 1.29 is 18.7 Å². The molecular weight excluding hydrogens is 341 g/mol. The lowest BCUT2D eigenvalue weighted by atomic mass is 10.1. The molecule has 2 N–H and O–H groups in total. The van der Waals surface area contributed by atoms with Gasteiger partial charge in [0.25, 0.3) is 0 Å². The van der Waals surface area contributed by atoms with Crippen LogP contribution in [0, 0.1) is 5.82 Å². The van der Waals surface area contributed by atoms with E-state index >= 15 is 0 Å². The van der Waals surface area contributed by atoms with Crippen molar-refractivity contribution in [2.45, 2.75) is 6.54 Å². The average molecular weight is 355 g/mol. The Morgan fingerprint density at radius 3 is 2.46 bits per heavy atom. The first-order valence-corrected chi connectivity index (χ1v) is 7.52. The van der Waals surface area contributed by atoms with Gasteiger partial charge in [-0.3, -0.25) is 9.59 Å². The van der Waals surface area contributed by atoms with Gasteiger partial charge in [-0.05, 0) is 35.5 Å². The van der Waals surface area contributed by atoms with Crippen LogP contribution in [-0.4, -0.2) is 39.0 Å². The molecule has 2 aromatic carbocycles.